The van der Waals surface area contributed by atoms with Crippen LogP contribution in [0.1, 0.15) is 37.0 Å². The van der Waals surface area contributed by atoms with Gasteiger partial charge in [0.15, 0.2) is 0 Å². The molecular weight excluding hydrogens is 280 g/mol. The Labute approximate surface area is 111 Å². The predicted molar refractivity (Wildman–Crippen MR) is 75.0 cm³/mol. The number of nitrogens with zero attached hydrogens (tertiary/aromatic N) is 1. The number of benzene rings is 1. The maximum Gasteiger partial charge on any atom is 0.253 e. The van der Waals surface area contributed by atoms with Crippen molar-refractivity contribution in [1.82, 2.24) is 4.90 Å². The fourth-order valence-corrected chi connectivity index (χ4v) is 1.96. The minimum atomic E-state index is 0.0629. The van der Waals surface area contributed by atoms with Gasteiger partial charge in [-0.05, 0) is 47.0 Å². The van der Waals surface area contributed by atoms with Crippen LogP contribution in [0, 0.1) is 0 Å². The first-order valence-electron chi connectivity index (χ1n) is 5.94. The number of hydrogen-bond donors (Lipinski definition) is 1. The Morgan fingerprint density at radius 2 is 1.88 bits per heavy atom. The first kappa shape index (κ1) is 14.0. The zero-order valence-corrected chi connectivity index (χ0v) is 12.0. The van der Waals surface area contributed by atoms with E-state index in [1.165, 1.54) is 0 Å². The molecule has 0 fully saturated rings. The number of rotatable bonds is 5. The van der Waals surface area contributed by atoms with Gasteiger partial charge in [-0.3, -0.25) is 4.79 Å². The van der Waals surface area contributed by atoms with Gasteiger partial charge in [-0.25, -0.2) is 0 Å². The van der Waals surface area contributed by atoms with Gasteiger partial charge in [0, 0.05) is 28.8 Å². The quantitative estimate of drug-likeness (QED) is 0.848. The van der Waals surface area contributed by atoms with Gasteiger partial charge in [0.2, 0.25) is 0 Å². The third kappa shape index (κ3) is 3.73. The van der Waals surface area contributed by atoms with E-state index >= 15 is 0 Å². The van der Waals surface area contributed by atoms with E-state index in [0.717, 1.165) is 30.4 Å². The van der Waals surface area contributed by atoms with Crippen molar-refractivity contribution in [3.63, 3.8) is 0 Å². The van der Waals surface area contributed by atoms with E-state index < -0.39 is 0 Å². The van der Waals surface area contributed by atoms with E-state index in [4.69, 9.17) is 5.73 Å². The van der Waals surface area contributed by atoms with E-state index in [9.17, 15) is 4.79 Å². The largest absolute Gasteiger partial charge is 0.398 e. The molecule has 0 radical (unpaired) electrons. The van der Waals surface area contributed by atoms with Crippen molar-refractivity contribution in [3.8, 4) is 0 Å². The summed E-state index contributed by atoms with van der Waals surface area (Å²) in [6.45, 7) is 5.74. The number of nitrogen functional groups attached to an aromatic ring is 1. The molecule has 1 amide bonds. The lowest BCUT2D eigenvalue weighted by atomic mass is 10.1. The normalized spacial score (nSPS) is 10.3. The second-order valence-corrected chi connectivity index (χ2v) is 4.88. The highest BCUT2D eigenvalue weighted by Crippen LogP contribution is 2.21. The van der Waals surface area contributed by atoms with E-state index in [2.05, 4.69) is 29.8 Å². The summed E-state index contributed by atoms with van der Waals surface area (Å²) in [7, 11) is 0. The van der Waals surface area contributed by atoms with Crippen molar-refractivity contribution < 1.29 is 4.79 Å². The molecule has 17 heavy (non-hydrogen) atoms. The lowest BCUT2D eigenvalue weighted by Gasteiger charge is -2.21. The van der Waals surface area contributed by atoms with E-state index in [-0.39, 0.29) is 5.91 Å². The summed E-state index contributed by atoms with van der Waals surface area (Å²) < 4.78 is 0.826. The molecule has 0 saturated heterocycles. The molecule has 94 valence electrons. The average molecular weight is 299 g/mol. The standard InChI is InChI=1S/C13H19BrN2O/c1-3-7-16(8-4-2)13(17)10-5-6-11(14)12(15)9-10/h5-6,9H,3-4,7-8,15H2,1-2H3. The fourth-order valence-electron chi connectivity index (χ4n) is 1.71. The zero-order chi connectivity index (χ0) is 12.8. The zero-order valence-electron chi connectivity index (χ0n) is 10.4. The van der Waals surface area contributed by atoms with Crippen molar-refractivity contribution in [2.45, 2.75) is 26.7 Å². The first-order chi connectivity index (χ1) is 8.10. The van der Waals surface area contributed by atoms with E-state index in [1.54, 1.807) is 12.1 Å². The van der Waals surface area contributed by atoms with Crippen molar-refractivity contribution in [2.24, 2.45) is 0 Å². The third-order valence-corrected chi connectivity index (χ3v) is 3.24. The Balaban J connectivity index is 2.88. The minimum absolute atomic E-state index is 0.0629. The van der Waals surface area contributed by atoms with Crippen LogP contribution < -0.4 is 5.73 Å². The summed E-state index contributed by atoms with van der Waals surface area (Å²) in [5.41, 5.74) is 7.05. The van der Waals surface area contributed by atoms with Crippen LogP contribution in [0.15, 0.2) is 22.7 Å². The third-order valence-electron chi connectivity index (χ3n) is 2.52. The SMILES string of the molecule is CCCN(CCC)C(=O)c1ccc(Br)c(N)c1. The molecule has 1 rings (SSSR count). The second-order valence-electron chi connectivity index (χ2n) is 4.03. The summed E-state index contributed by atoms with van der Waals surface area (Å²) >= 11 is 3.33. The van der Waals surface area contributed by atoms with Crippen LogP contribution in [0.25, 0.3) is 0 Å². The van der Waals surface area contributed by atoms with Gasteiger partial charge in [-0.15, -0.1) is 0 Å². The number of anilines is 1. The molecule has 1 aromatic rings. The number of hydrogen-bond acceptors (Lipinski definition) is 2. The van der Waals surface area contributed by atoms with Crippen molar-refractivity contribution >= 4 is 27.5 Å². The van der Waals surface area contributed by atoms with Gasteiger partial charge < -0.3 is 10.6 Å². The van der Waals surface area contributed by atoms with E-state index in [0.29, 0.717) is 11.3 Å². The number of halogens is 1. The second kappa shape index (κ2) is 6.64. The molecule has 0 aliphatic carbocycles. The molecule has 0 atom stereocenters. The van der Waals surface area contributed by atoms with Crippen LogP contribution in [0.2, 0.25) is 0 Å². The monoisotopic (exact) mass is 298 g/mol. The molecule has 4 heteroatoms. The van der Waals surface area contributed by atoms with Gasteiger partial charge in [0.1, 0.15) is 0 Å². The smallest absolute Gasteiger partial charge is 0.253 e. The van der Waals surface area contributed by atoms with Crippen molar-refractivity contribution in [3.05, 3.63) is 28.2 Å². The highest BCUT2D eigenvalue weighted by Gasteiger charge is 2.14. The number of carbonyl (C=O) groups excluding carboxylic acids is 1. The van der Waals surface area contributed by atoms with Gasteiger partial charge in [-0.1, -0.05) is 13.8 Å². The lowest BCUT2D eigenvalue weighted by molar-refractivity contribution is 0.0755. The molecule has 0 spiro atoms. The van der Waals surface area contributed by atoms with Gasteiger partial charge in [0.05, 0.1) is 0 Å². The molecule has 0 saturated carbocycles. The Morgan fingerprint density at radius 3 is 2.35 bits per heavy atom. The number of nitrogens with two attached hydrogens (primary N) is 1. The van der Waals surface area contributed by atoms with E-state index in [1.807, 2.05) is 11.0 Å². The highest BCUT2D eigenvalue weighted by molar-refractivity contribution is 9.10. The summed E-state index contributed by atoms with van der Waals surface area (Å²) in [5, 5.41) is 0. The summed E-state index contributed by atoms with van der Waals surface area (Å²) in [5.74, 6) is 0.0629. The maximum atomic E-state index is 12.2. The fraction of sp³-hybridized carbons (Fsp3) is 0.462. The predicted octanol–water partition coefficient (Wildman–Crippen LogP) is 3.29. The molecule has 0 aromatic heterocycles. The summed E-state index contributed by atoms with van der Waals surface area (Å²) in [6.07, 6.45) is 1.94. The maximum absolute atomic E-state index is 12.2. The van der Waals surface area contributed by atoms with Crippen LogP contribution in [0.3, 0.4) is 0 Å². The van der Waals surface area contributed by atoms with Crippen LogP contribution in [0.4, 0.5) is 5.69 Å². The number of carbonyl (C=O) groups is 1. The molecule has 1 aromatic carbocycles. The van der Waals surface area contributed by atoms with Gasteiger partial charge in [0.25, 0.3) is 5.91 Å². The molecule has 0 bridgehead atoms. The van der Waals surface area contributed by atoms with Crippen molar-refractivity contribution in [2.75, 3.05) is 18.8 Å². The van der Waals surface area contributed by atoms with Gasteiger partial charge in [-0.2, -0.15) is 0 Å². The summed E-state index contributed by atoms with van der Waals surface area (Å²) in [4.78, 5) is 14.1. The molecule has 0 aliphatic rings. The Kier molecular flexibility index (Phi) is 5.48. The topological polar surface area (TPSA) is 46.3 Å². The molecule has 0 unspecified atom stereocenters. The molecule has 0 aliphatic heterocycles. The number of amides is 1. The lowest BCUT2D eigenvalue weighted by Crippen LogP contribution is -2.32. The Bertz CT molecular complexity index is 387. The molecular formula is C13H19BrN2O. The van der Waals surface area contributed by atoms with Crippen LogP contribution in [0.5, 0.6) is 0 Å². The Morgan fingerprint density at radius 1 is 1.29 bits per heavy atom. The molecule has 3 nitrogen and oxygen atoms in total. The molecule has 0 heterocycles. The molecule has 2 N–H and O–H groups in total. The highest BCUT2D eigenvalue weighted by atomic mass is 79.9. The summed E-state index contributed by atoms with van der Waals surface area (Å²) in [6, 6.07) is 5.35. The van der Waals surface area contributed by atoms with Crippen LogP contribution in [-0.4, -0.2) is 23.9 Å². The first-order valence-corrected chi connectivity index (χ1v) is 6.73. The van der Waals surface area contributed by atoms with Gasteiger partial charge >= 0.3 is 0 Å². The average Bonchev–Trinajstić information content (AvgIpc) is 2.31. The van der Waals surface area contributed by atoms with Crippen LogP contribution >= 0.6 is 15.9 Å². The van der Waals surface area contributed by atoms with Crippen molar-refractivity contribution in [1.29, 1.82) is 0 Å². The Hall–Kier alpha value is -1.03. The van der Waals surface area contributed by atoms with Crippen LogP contribution in [-0.2, 0) is 0 Å². The minimum Gasteiger partial charge on any atom is -0.398 e.